The van der Waals surface area contributed by atoms with E-state index >= 15 is 0 Å². The molecular formula is C21H21ClN4O2S. The van der Waals surface area contributed by atoms with E-state index < -0.39 is 0 Å². The number of halogens is 1. The molecule has 4 rings (SSSR count). The van der Waals surface area contributed by atoms with Crippen LogP contribution >= 0.6 is 23.5 Å². The average molecular weight is 429 g/mol. The Morgan fingerprint density at radius 3 is 2.66 bits per heavy atom. The quantitative estimate of drug-likeness (QED) is 0.550. The maximum absolute atomic E-state index is 12.5. The maximum atomic E-state index is 12.5. The molecule has 0 radical (unpaired) electrons. The first-order valence-corrected chi connectivity index (χ1v) is 10.7. The van der Waals surface area contributed by atoms with Crippen LogP contribution in [0.5, 0.6) is 0 Å². The number of carbonyl (C=O) groups excluding carboxylic acids is 1. The molecule has 1 fully saturated rings. The highest BCUT2D eigenvalue weighted by Crippen LogP contribution is 2.28. The zero-order valence-electron chi connectivity index (χ0n) is 16.0. The van der Waals surface area contributed by atoms with Gasteiger partial charge in [-0.25, -0.2) is 4.31 Å². The second kappa shape index (κ2) is 8.98. The first-order valence-electron chi connectivity index (χ1n) is 9.50. The highest BCUT2D eigenvalue weighted by atomic mass is 35.5. The lowest BCUT2D eigenvalue weighted by Crippen LogP contribution is -2.28. The largest absolute Gasteiger partial charge is 0.403 e. The highest BCUT2D eigenvalue weighted by Gasteiger charge is 2.18. The van der Waals surface area contributed by atoms with Gasteiger partial charge < -0.3 is 4.42 Å². The average Bonchev–Trinajstić information content (AvgIpc) is 3.17. The Morgan fingerprint density at radius 1 is 1.17 bits per heavy atom. The molecule has 0 spiro atoms. The lowest BCUT2D eigenvalue weighted by molar-refractivity contribution is 0.102. The molecule has 1 unspecified atom stereocenters. The van der Waals surface area contributed by atoms with Crippen molar-refractivity contribution in [2.75, 3.05) is 18.4 Å². The zero-order valence-corrected chi connectivity index (χ0v) is 17.5. The molecule has 1 aromatic heterocycles. The van der Waals surface area contributed by atoms with Gasteiger partial charge in [-0.2, -0.15) is 0 Å². The molecule has 0 saturated carbocycles. The van der Waals surface area contributed by atoms with Crippen LogP contribution in [-0.4, -0.2) is 33.5 Å². The van der Waals surface area contributed by atoms with Gasteiger partial charge in [0.2, 0.25) is 5.89 Å². The van der Waals surface area contributed by atoms with E-state index in [2.05, 4.69) is 26.7 Å². The molecule has 2 aromatic carbocycles. The third-order valence-corrected chi connectivity index (χ3v) is 6.03. The standard InChI is InChI=1S/C21H21ClN4O2S/c1-14-3-2-12-26(13-14)29-18-10-6-15(7-11-18)19(27)23-21-25-24-20(28-21)16-4-8-17(22)9-5-16/h4-11,14H,2-3,12-13H2,1H3,(H,23,25,27). The molecule has 2 heterocycles. The van der Waals surface area contributed by atoms with Gasteiger partial charge in [0.1, 0.15) is 0 Å². The summed E-state index contributed by atoms with van der Waals surface area (Å²) in [5, 5.41) is 11.1. The Balaban J connectivity index is 1.37. The Kier molecular flexibility index (Phi) is 6.18. The van der Waals surface area contributed by atoms with Crippen LogP contribution in [0.4, 0.5) is 6.01 Å². The van der Waals surface area contributed by atoms with Gasteiger partial charge in [-0.05, 0) is 79.2 Å². The molecule has 0 aliphatic carbocycles. The van der Waals surface area contributed by atoms with Crippen molar-refractivity contribution in [2.24, 2.45) is 5.92 Å². The summed E-state index contributed by atoms with van der Waals surface area (Å²) in [6.07, 6.45) is 2.53. The maximum Gasteiger partial charge on any atom is 0.322 e. The van der Waals surface area contributed by atoms with Crippen LogP contribution in [0.1, 0.15) is 30.1 Å². The normalized spacial score (nSPS) is 17.2. The van der Waals surface area contributed by atoms with Gasteiger partial charge >= 0.3 is 6.01 Å². The zero-order chi connectivity index (χ0) is 20.2. The summed E-state index contributed by atoms with van der Waals surface area (Å²) >= 11 is 7.63. The predicted octanol–water partition coefficient (Wildman–Crippen LogP) is 5.38. The molecule has 1 amide bonds. The molecule has 8 heteroatoms. The number of aromatic nitrogens is 2. The van der Waals surface area contributed by atoms with Crippen LogP contribution < -0.4 is 5.32 Å². The summed E-state index contributed by atoms with van der Waals surface area (Å²) in [7, 11) is 0. The highest BCUT2D eigenvalue weighted by molar-refractivity contribution is 7.97. The summed E-state index contributed by atoms with van der Waals surface area (Å²) < 4.78 is 7.92. The number of nitrogens with one attached hydrogen (secondary N) is 1. The number of anilines is 1. The van der Waals surface area contributed by atoms with Crippen molar-refractivity contribution in [1.29, 1.82) is 0 Å². The fourth-order valence-electron chi connectivity index (χ4n) is 3.20. The Labute approximate surface area is 178 Å². The van der Waals surface area contributed by atoms with E-state index in [1.54, 1.807) is 36.2 Å². The minimum absolute atomic E-state index is 0.0562. The third-order valence-electron chi connectivity index (χ3n) is 4.71. The molecule has 1 saturated heterocycles. The number of benzene rings is 2. The van der Waals surface area contributed by atoms with E-state index in [-0.39, 0.29) is 11.9 Å². The third kappa shape index (κ3) is 5.18. The number of nitrogens with zero attached hydrogens (tertiary/aromatic N) is 3. The summed E-state index contributed by atoms with van der Waals surface area (Å²) in [5.41, 5.74) is 1.27. The number of piperidine rings is 1. The van der Waals surface area contributed by atoms with E-state index in [9.17, 15) is 4.79 Å². The second-order valence-corrected chi connectivity index (χ2v) is 8.73. The lowest BCUT2D eigenvalue weighted by atomic mass is 10.0. The SMILES string of the molecule is CC1CCCN(Sc2ccc(C(=O)Nc3nnc(-c4ccc(Cl)cc4)o3)cc2)C1. The van der Waals surface area contributed by atoms with E-state index in [1.165, 1.54) is 12.8 Å². The molecule has 3 aromatic rings. The van der Waals surface area contributed by atoms with Crippen molar-refractivity contribution in [2.45, 2.75) is 24.7 Å². The minimum atomic E-state index is -0.292. The van der Waals surface area contributed by atoms with Gasteiger partial charge in [-0.3, -0.25) is 10.1 Å². The molecule has 1 atom stereocenters. The molecule has 0 bridgehead atoms. The number of amides is 1. The number of hydrogen-bond acceptors (Lipinski definition) is 6. The van der Waals surface area contributed by atoms with Crippen LogP contribution in [0.15, 0.2) is 57.8 Å². The Hall–Kier alpha value is -2.35. The molecule has 1 aliphatic heterocycles. The summed E-state index contributed by atoms with van der Waals surface area (Å²) in [4.78, 5) is 13.6. The fourth-order valence-corrected chi connectivity index (χ4v) is 4.43. The Morgan fingerprint density at radius 2 is 1.93 bits per heavy atom. The smallest absolute Gasteiger partial charge is 0.322 e. The minimum Gasteiger partial charge on any atom is -0.403 e. The van der Waals surface area contributed by atoms with E-state index in [1.807, 2.05) is 24.3 Å². The lowest BCUT2D eigenvalue weighted by Gasteiger charge is -2.29. The summed E-state index contributed by atoms with van der Waals surface area (Å²) in [5.74, 6) is 0.757. The van der Waals surface area contributed by atoms with Crippen LogP contribution in [0.3, 0.4) is 0 Å². The van der Waals surface area contributed by atoms with Crippen molar-refractivity contribution < 1.29 is 9.21 Å². The van der Waals surface area contributed by atoms with Crippen molar-refractivity contribution in [3.8, 4) is 11.5 Å². The van der Waals surface area contributed by atoms with Gasteiger partial charge in [-0.15, -0.1) is 5.10 Å². The Bertz CT molecular complexity index is 975. The molecule has 29 heavy (non-hydrogen) atoms. The first kappa shape index (κ1) is 19.9. The van der Waals surface area contributed by atoms with Gasteiger partial charge in [-0.1, -0.05) is 23.6 Å². The summed E-state index contributed by atoms with van der Waals surface area (Å²) in [6, 6.07) is 14.6. The number of carbonyl (C=O) groups is 1. The van der Waals surface area contributed by atoms with E-state index in [4.69, 9.17) is 16.0 Å². The monoisotopic (exact) mass is 428 g/mol. The van der Waals surface area contributed by atoms with Crippen LogP contribution in [0, 0.1) is 5.92 Å². The van der Waals surface area contributed by atoms with Crippen LogP contribution in [0.25, 0.3) is 11.5 Å². The predicted molar refractivity (Wildman–Crippen MR) is 115 cm³/mol. The van der Waals surface area contributed by atoms with Crippen molar-refractivity contribution in [3.05, 3.63) is 59.1 Å². The van der Waals surface area contributed by atoms with Crippen LogP contribution in [0.2, 0.25) is 5.02 Å². The molecule has 6 nitrogen and oxygen atoms in total. The van der Waals surface area contributed by atoms with Gasteiger partial charge in [0.05, 0.1) is 0 Å². The molecular weight excluding hydrogens is 408 g/mol. The molecule has 150 valence electrons. The van der Waals surface area contributed by atoms with Crippen molar-refractivity contribution in [3.63, 3.8) is 0 Å². The van der Waals surface area contributed by atoms with E-state index in [0.717, 1.165) is 29.5 Å². The van der Waals surface area contributed by atoms with Crippen LogP contribution in [-0.2, 0) is 0 Å². The molecule has 1 N–H and O–H groups in total. The second-order valence-electron chi connectivity index (χ2n) is 7.12. The van der Waals surface area contributed by atoms with Crippen molar-refractivity contribution >= 4 is 35.5 Å². The number of hydrogen-bond donors (Lipinski definition) is 1. The first-order chi connectivity index (χ1) is 14.1. The van der Waals surface area contributed by atoms with E-state index in [0.29, 0.717) is 16.5 Å². The summed E-state index contributed by atoms with van der Waals surface area (Å²) in [6.45, 7) is 4.49. The topological polar surface area (TPSA) is 71.3 Å². The van der Waals surface area contributed by atoms with Gasteiger partial charge in [0.15, 0.2) is 0 Å². The van der Waals surface area contributed by atoms with Crippen molar-refractivity contribution in [1.82, 2.24) is 14.5 Å². The van der Waals surface area contributed by atoms with Gasteiger partial charge in [0.25, 0.3) is 5.91 Å². The molecule has 1 aliphatic rings. The number of rotatable bonds is 5. The van der Waals surface area contributed by atoms with Gasteiger partial charge in [0, 0.05) is 34.1 Å². The fraction of sp³-hybridized carbons (Fsp3) is 0.286.